The summed E-state index contributed by atoms with van der Waals surface area (Å²) in [6.07, 6.45) is 0.874. The minimum absolute atomic E-state index is 0.159. The molecule has 4 nitrogen and oxygen atoms in total. The van der Waals surface area contributed by atoms with Crippen LogP contribution in [-0.4, -0.2) is 18.4 Å². The highest BCUT2D eigenvalue weighted by atomic mass is 16.2. The lowest BCUT2D eigenvalue weighted by Gasteiger charge is -2.09. The molecule has 120 valence electrons. The average Bonchev–Trinajstić information content (AvgIpc) is 2.51. The van der Waals surface area contributed by atoms with E-state index in [0.29, 0.717) is 17.7 Å². The largest absolute Gasteiger partial charge is 0.352 e. The van der Waals surface area contributed by atoms with E-state index in [-0.39, 0.29) is 11.8 Å². The van der Waals surface area contributed by atoms with E-state index in [1.165, 1.54) is 0 Å². The molecule has 2 amide bonds. The zero-order chi connectivity index (χ0) is 16.8. The summed E-state index contributed by atoms with van der Waals surface area (Å²) in [6, 6.07) is 12.6. The van der Waals surface area contributed by atoms with Gasteiger partial charge in [-0.3, -0.25) is 9.59 Å². The smallest absolute Gasteiger partial charge is 0.255 e. The van der Waals surface area contributed by atoms with Gasteiger partial charge in [0.25, 0.3) is 11.8 Å². The number of benzene rings is 2. The van der Waals surface area contributed by atoms with Crippen molar-refractivity contribution < 1.29 is 9.59 Å². The Kier molecular flexibility index (Phi) is 5.52. The summed E-state index contributed by atoms with van der Waals surface area (Å²) >= 11 is 0. The molecule has 4 heteroatoms. The van der Waals surface area contributed by atoms with E-state index < -0.39 is 0 Å². The fraction of sp³-hybridized carbons (Fsp3) is 0.263. The van der Waals surface area contributed by atoms with Gasteiger partial charge in [0.2, 0.25) is 0 Å². The van der Waals surface area contributed by atoms with Crippen LogP contribution in [0.4, 0.5) is 5.69 Å². The lowest BCUT2D eigenvalue weighted by atomic mass is 10.1. The minimum atomic E-state index is -0.222. The number of aryl methyl sites for hydroxylation is 2. The molecule has 0 spiro atoms. The highest BCUT2D eigenvalue weighted by molar-refractivity contribution is 6.06. The van der Waals surface area contributed by atoms with Gasteiger partial charge >= 0.3 is 0 Å². The fourth-order valence-electron chi connectivity index (χ4n) is 2.39. The highest BCUT2D eigenvalue weighted by Crippen LogP contribution is 2.15. The van der Waals surface area contributed by atoms with Crippen molar-refractivity contribution in [3.63, 3.8) is 0 Å². The average molecular weight is 310 g/mol. The molecule has 2 aromatic rings. The second-order valence-corrected chi connectivity index (χ2v) is 5.67. The van der Waals surface area contributed by atoms with Crippen LogP contribution in [0.25, 0.3) is 0 Å². The summed E-state index contributed by atoms with van der Waals surface area (Å²) in [4.78, 5) is 24.4. The van der Waals surface area contributed by atoms with Gasteiger partial charge < -0.3 is 10.6 Å². The molecule has 23 heavy (non-hydrogen) atoms. The van der Waals surface area contributed by atoms with Gasteiger partial charge in [0.15, 0.2) is 0 Å². The van der Waals surface area contributed by atoms with Crippen molar-refractivity contribution in [2.75, 3.05) is 11.9 Å². The van der Waals surface area contributed by atoms with Crippen LogP contribution in [0.5, 0.6) is 0 Å². The van der Waals surface area contributed by atoms with E-state index in [1.54, 1.807) is 24.3 Å². The number of amides is 2. The number of hydrogen-bond donors (Lipinski definition) is 2. The van der Waals surface area contributed by atoms with Crippen LogP contribution in [0.2, 0.25) is 0 Å². The fourth-order valence-corrected chi connectivity index (χ4v) is 2.39. The number of rotatable bonds is 5. The Bertz CT molecular complexity index is 703. The number of carbonyl (C=O) groups excluding carboxylic acids is 2. The molecule has 0 bridgehead atoms. The van der Waals surface area contributed by atoms with E-state index in [4.69, 9.17) is 0 Å². The van der Waals surface area contributed by atoms with Crippen LogP contribution < -0.4 is 10.6 Å². The molecule has 0 aliphatic carbocycles. The number of anilines is 1. The quantitative estimate of drug-likeness (QED) is 0.884. The third-order valence-electron chi connectivity index (χ3n) is 3.40. The second kappa shape index (κ2) is 7.58. The maximum absolute atomic E-state index is 12.4. The zero-order valence-corrected chi connectivity index (χ0v) is 13.8. The Hall–Kier alpha value is -2.62. The van der Waals surface area contributed by atoms with Crippen LogP contribution >= 0.6 is 0 Å². The van der Waals surface area contributed by atoms with Gasteiger partial charge in [-0.15, -0.1) is 0 Å². The van der Waals surface area contributed by atoms with Crippen molar-refractivity contribution in [3.05, 3.63) is 64.7 Å². The second-order valence-electron chi connectivity index (χ2n) is 5.67. The first kappa shape index (κ1) is 16.7. The predicted molar refractivity (Wildman–Crippen MR) is 92.9 cm³/mol. The Morgan fingerprint density at radius 1 is 0.913 bits per heavy atom. The molecule has 2 N–H and O–H groups in total. The van der Waals surface area contributed by atoms with E-state index in [2.05, 4.69) is 10.6 Å². The zero-order valence-electron chi connectivity index (χ0n) is 13.8. The van der Waals surface area contributed by atoms with Gasteiger partial charge in [-0.1, -0.05) is 19.1 Å². The van der Waals surface area contributed by atoms with Crippen molar-refractivity contribution in [3.8, 4) is 0 Å². The normalized spacial score (nSPS) is 10.2. The van der Waals surface area contributed by atoms with E-state index >= 15 is 0 Å². The predicted octanol–water partition coefficient (Wildman–Crippen LogP) is 3.70. The van der Waals surface area contributed by atoms with Crippen molar-refractivity contribution >= 4 is 17.5 Å². The summed E-state index contributed by atoms with van der Waals surface area (Å²) in [5.74, 6) is -0.381. The molecule has 0 atom stereocenters. The lowest BCUT2D eigenvalue weighted by Crippen LogP contribution is -2.24. The maximum Gasteiger partial charge on any atom is 0.255 e. The van der Waals surface area contributed by atoms with Crippen LogP contribution in [-0.2, 0) is 0 Å². The Balaban J connectivity index is 2.14. The van der Waals surface area contributed by atoms with Crippen molar-refractivity contribution in [1.82, 2.24) is 5.32 Å². The first-order valence-corrected chi connectivity index (χ1v) is 7.77. The number of carbonyl (C=O) groups is 2. The molecule has 0 unspecified atom stereocenters. The Labute approximate surface area is 136 Å². The van der Waals surface area contributed by atoms with Gasteiger partial charge in [0.05, 0.1) is 0 Å². The standard InChI is InChI=1S/C19H22N2O2/c1-4-8-20-18(22)15-6-5-7-16(12-15)19(23)21-17-10-13(2)9-14(3)11-17/h5-7,9-12H,4,8H2,1-3H3,(H,20,22)(H,21,23). The van der Waals surface area contributed by atoms with Crippen LogP contribution in [0.3, 0.4) is 0 Å². The Morgan fingerprint density at radius 3 is 2.13 bits per heavy atom. The first-order chi connectivity index (χ1) is 11.0. The molecule has 0 radical (unpaired) electrons. The summed E-state index contributed by atoms with van der Waals surface area (Å²) in [6.45, 7) is 6.59. The molecule has 2 aromatic carbocycles. The first-order valence-electron chi connectivity index (χ1n) is 7.77. The lowest BCUT2D eigenvalue weighted by molar-refractivity contribution is 0.0953. The van der Waals surface area contributed by atoms with E-state index in [1.807, 2.05) is 39.0 Å². The van der Waals surface area contributed by atoms with Gasteiger partial charge in [0, 0.05) is 23.4 Å². The molecule has 0 aliphatic rings. The van der Waals surface area contributed by atoms with Gasteiger partial charge in [-0.2, -0.15) is 0 Å². The van der Waals surface area contributed by atoms with Gasteiger partial charge in [0.1, 0.15) is 0 Å². The molecular formula is C19H22N2O2. The van der Waals surface area contributed by atoms with E-state index in [0.717, 1.165) is 23.2 Å². The monoisotopic (exact) mass is 310 g/mol. The van der Waals surface area contributed by atoms with Crippen molar-refractivity contribution in [2.24, 2.45) is 0 Å². The topological polar surface area (TPSA) is 58.2 Å². The SMILES string of the molecule is CCCNC(=O)c1cccc(C(=O)Nc2cc(C)cc(C)c2)c1. The molecule has 0 fully saturated rings. The van der Waals surface area contributed by atoms with Crippen LogP contribution in [0.15, 0.2) is 42.5 Å². The molecular weight excluding hydrogens is 288 g/mol. The summed E-state index contributed by atoms with van der Waals surface area (Å²) in [5, 5.41) is 5.69. The van der Waals surface area contributed by atoms with E-state index in [9.17, 15) is 9.59 Å². The number of hydrogen-bond acceptors (Lipinski definition) is 2. The molecule has 0 saturated carbocycles. The van der Waals surface area contributed by atoms with Crippen molar-refractivity contribution in [1.29, 1.82) is 0 Å². The summed E-state index contributed by atoms with van der Waals surface area (Å²) in [7, 11) is 0. The molecule has 0 aliphatic heterocycles. The molecule has 0 heterocycles. The third kappa shape index (κ3) is 4.68. The maximum atomic E-state index is 12.4. The summed E-state index contributed by atoms with van der Waals surface area (Å²) < 4.78 is 0. The van der Waals surface area contributed by atoms with Gasteiger partial charge in [-0.05, 0) is 61.7 Å². The molecule has 2 rings (SSSR count). The summed E-state index contributed by atoms with van der Waals surface area (Å²) in [5.41, 5.74) is 3.90. The van der Waals surface area contributed by atoms with Crippen LogP contribution in [0, 0.1) is 13.8 Å². The minimum Gasteiger partial charge on any atom is -0.352 e. The highest BCUT2D eigenvalue weighted by Gasteiger charge is 2.10. The van der Waals surface area contributed by atoms with Crippen LogP contribution in [0.1, 0.15) is 45.2 Å². The molecule has 0 saturated heterocycles. The number of nitrogens with one attached hydrogen (secondary N) is 2. The van der Waals surface area contributed by atoms with Crippen molar-refractivity contribution in [2.45, 2.75) is 27.2 Å². The third-order valence-corrected chi connectivity index (χ3v) is 3.40. The van der Waals surface area contributed by atoms with Gasteiger partial charge in [-0.25, -0.2) is 0 Å². The molecule has 0 aromatic heterocycles. The Morgan fingerprint density at radius 2 is 1.52 bits per heavy atom.